The smallest absolute Gasteiger partial charge is 0.408 e. The van der Waals surface area contributed by atoms with E-state index in [1.54, 1.807) is 0 Å². The van der Waals surface area contributed by atoms with Crippen LogP contribution in [0.5, 0.6) is 0 Å². The highest BCUT2D eigenvalue weighted by Gasteiger charge is 2.30. The summed E-state index contributed by atoms with van der Waals surface area (Å²) in [5, 5.41) is 5.85. The fourth-order valence-corrected chi connectivity index (χ4v) is 8.51. The molecule has 1 aliphatic carbocycles. The summed E-state index contributed by atoms with van der Waals surface area (Å²) in [6, 6.07) is 15.9. The summed E-state index contributed by atoms with van der Waals surface area (Å²) in [7, 11) is 0. The lowest BCUT2D eigenvalue weighted by Crippen LogP contribution is -2.50. The van der Waals surface area contributed by atoms with Crippen molar-refractivity contribution in [2.45, 2.75) is 213 Å². The van der Waals surface area contributed by atoms with E-state index >= 15 is 0 Å². The largest absolute Gasteiger partial charge is 0.449 e. The van der Waals surface area contributed by atoms with Gasteiger partial charge in [0, 0.05) is 25.6 Å². The zero-order valence-corrected chi connectivity index (χ0v) is 38.8. The molecule has 0 aliphatic heterocycles. The minimum absolute atomic E-state index is 0.00650. The van der Waals surface area contributed by atoms with E-state index in [4.69, 9.17) is 9.47 Å². The Morgan fingerprint density at radius 3 is 1.47 bits per heavy atom. The summed E-state index contributed by atoms with van der Waals surface area (Å²) in [6.07, 6.45) is 28.5. The van der Waals surface area contributed by atoms with Gasteiger partial charge in [0.25, 0.3) is 0 Å². The second-order valence-corrected chi connectivity index (χ2v) is 18.3. The number of rotatable bonds is 33. The molecule has 338 valence electrons. The molecule has 0 aromatic heterocycles. The second-order valence-electron chi connectivity index (χ2n) is 18.3. The van der Waals surface area contributed by atoms with Gasteiger partial charge in [0.15, 0.2) is 0 Å². The van der Waals surface area contributed by atoms with Gasteiger partial charge >= 0.3 is 12.2 Å². The second kappa shape index (κ2) is 30.5. The molecule has 60 heavy (non-hydrogen) atoms. The Hall–Kier alpha value is -3.55. The van der Waals surface area contributed by atoms with Gasteiger partial charge in [-0.3, -0.25) is 4.79 Å². The van der Waals surface area contributed by atoms with Gasteiger partial charge in [0.2, 0.25) is 5.91 Å². The van der Waals surface area contributed by atoms with Crippen molar-refractivity contribution in [1.82, 2.24) is 15.5 Å². The number of alkyl carbamates (subject to hydrolysis) is 2. The van der Waals surface area contributed by atoms with Crippen molar-refractivity contribution >= 4 is 18.1 Å². The fourth-order valence-electron chi connectivity index (χ4n) is 8.51. The monoisotopic (exact) mass is 832 g/mol. The molecule has 8 heteroatoms. The van der Waals surface area contributed by atoms with Crippen LogP contribution in [0.2, 0.25) is 0 Å². The van der Waals surface area contributed by atoms with Gasteiger partial charge in [0.05, 0.1) is 0 Å². The number of ether oxygens (including phenoxy) is 2. The highest BCUT2D eigenvalue weighted by molar-refractivity contribution is 5.85. The molecular weight excluding hydrogens is 747 g/mol. The third-order valence-electron chi connectivity index (χ3n) is 11.9. The van der Waals surface area contributed by atoms with Crippen molar-refractivity contribution in [3.8, 4) is 11.1 Å². The first-order valence-corrected chi connectivity index (χ1v) is 24.5. The number of hydrogen-bond donors (Lipinski definition) is 2. The lowest BCUT2D eigenvalue weighted by Gasteiger charge is -2.29. The van der Waals surface area contributed by atoms with E-state index in [1.165, 1.54) is 138 Å². The van der Waals surface area contributed by atoms with Crippen LogP contribution in [0, 0.1) is 0 Å². The van der Waals surface area contributed by atoms with E-state index in [1.807, 2.05) is 49.9 Å². The normalized spacial score (nSPS) is 12.8. The molecular formula is C52H85N3O5. The lowest BCUT2D eigenvalue weighted by molar-refractivity contribution is -0.134. The van der Waals surface area contributed by atoms with Crippen LogP contribution in [0.15, 0.2) is 48.5 Å². The maximum Gasteiger partial charge on any atom is 0.408 e. The number of nitrogens with one attached hydrogen (secondary N) is 2. The average Bonchev–Trinajstić information content (AvgIpc) is 3.55. The molecule has 3 rings (SSSR count). The van der Waals surface area contributed by atoms with E-state index in [0.717, 1.165) is 25.7 Å². The van der Waals surface area contributed by atoms with Gasteiger partial charge in [-0.1, -0.05) is 191 Å². The van der Waals surface area contributed by atoms with Gasteiger partial charge in [-0.25, -0.2) is 9.59 Å². The van der Waals surface area contributed by atoms with Crippen molar-refractivity contribution in [3.63, 3.8) is 0 Å². The Labute approximate surface area is 366 Å². The topological polar surface area (TPSA) is 97.0 Å². The Morgan fingerprint density at radius 2 is 1.02 bits per heavy atom. The predicted octanol–water partition coefficient (Wildman–Crippen LogP) is 14.0. The molecule has 1 aliphatic rings. The summed E-state index contributed by atoms with van der Waals surface area (Å²) < 4.78 is 11.4. The molecule has 1 unspecified atom stereocenters. The predicted molar refractivity (Wildman–Crippen MR) is 250 cm³/mol. The summed E-state index contributed by atoms with van der Waals surface area (Å²) >= 11 is 0. The van der Waals surface area contributed by atoms with Crippen LogP contribution in [0.1, 0.15) is 212 Å². The van der Waals surface area contributed by atoms with E-state index in [0.29, 0.717) is 38.9 Å². The van der Waals surface area contributed by atoms with Crippen LogP contribution in [-0.2, 0) is 14.3 Å². The summed E-state index contributed by atoms with van der Waals surface area (Å²) in [6.45, 7) is 12.2. The number of benzene rings is 2. The van der Waals surface area contributed by atoms with Crippen LogP contribution in [0.25, 0.3) is 11.1 Å². The van der Waals surface area contributed by atoms with Gasteiger partial charge in [-0.05, 0) is 75.1 Å². The van der Waals surface area contributed by atoms with Crippen molar-refractivity contribution in [1.29, 1.82) is 0 Å². The first kappa shape index (κ1) is 50.8. The van der Waals surface area contributed by atoms with Crippen LogP contribution in [0.3, 0.4) is 0 Å². The van der Waals surface area contributed by atoms with Crippen molar-refractivity contribution in [3.05, 3.63) is 59.7 Å². The van der Waals surface area contributed by atoms with Crippen molar-refractivity contribution < 1.29 is 23.9 Å². The fraction of sp³-hybridized carbons (Fsp3) is 0.712. The first-order chi connectivity index (χ1) is 29.1. The molecule has 0 radical (unpaired) electrons. The van der Waals surface area contributed by atoms with Gasteiger partial charge < -0.3 is 25.0 Å². The van der Waals surface area contributed by atoms with Gasteiger partial charge in [-0.2, -0.15) is 0 Å². The third kappa shape index (κ3) is 20.8. The van der Waals surface area contributed by atoms with E-state index < -0.39 is 23.8 Å². The zero-order valence-electron chi connectivity index (χ0n) is 38.8. The van der Waals surface area contributed by atoms with Crippen LogP contribution in [-0.4, -0.2) is 60.9 Å². The van der Waals surface area contributed by atoms with Crippen LogP contribution >= 0.6 is 0 Å². The van der Waals surface area contributed by atoms with Crippen molar-refractivity contribution in [2.24, 2.45) is 0 Å². The molecule has 1 atom stereocenters. The highest BCUT2D eigenvalue weighted by atomic mass is 16.6. The standard InChI is InChI=1S/C52H85N3O5/c1-6-8-10-12-14-16-18-19-21-23-25-33-41-55(40-32-24-22-20-17-15-13-11-9-7-2)49(56)48(54-51(58)60-52(3,4)5)38-30-31-39-53-50(57)59-42-47-45-36-28-26-34-43(45)44-35-27-29-37-46(44)47/h26-29,34-37,47-48H,6-25,30-33,38-42H2,1-5H3,(H,53,57)(H,54,58). The number of unbranched alkanes of at least 4 members (excludes halogenated alkanes) is 21. The molecule has 2 aromatic carbocycles. The van der Waals surface area contributed by atoms with E-state index in [2.05, 4.69) is 48.7 Å². The number of nitrogens with zero attached hydrogens (tertiary/aromatic N) is 1. The molecule has 0 heterocycles. The Balaban J connectivity index is 1.49. The molecule has 0 saturated carbocycles. The number of carbonyl (C=O) groups excluding carboxylic acids is 3. The maximum absolute atomic E-state index is 14.3. The number of carbonyl (C=O) groups is 3. The molecule has 8 nitrogen and oxygen atoms in total. The average molecular weight is 832 g/mol. The number of hydrogen-bond acceptors (Lipinski definition) is 5. The first-order valence-electron chi connectivity index (χ1n) is 24.5. The molecule has 3 amide bonds. The highest BCUT2D eigenvalue weighted by Crippen LogP contribution is 2.44. The zero-order chi connectivity index (χ0) is 43.3. The maximum atomic E-state index is 14.3. The summed E-state index contributed by atoms with van der Waals surface area (Å²) in [5.74, 6) is -0.0172. The van der Waals surface area contributed by atoms with Crippen LogP contribution in [0.4, 0.5) is 9.59 Å². The van der Waals surface area contributed by atoms with E-state index in [-0.39, 0.29) is 18.4 Å². The molecule has 0 bridgehead atoms. The number of amides is 3. The summed E-state index contributed by atoms with van der Waals surface area (Å²) in [5.41, 5.74) is 4.08. The van der Waals surface area contributed by atoms with Gasteiger partial charge in [0.1, 0.15) is 18.2 Å². The Bertz CT molecular complexity index is 1430. The SMILES string of the molecule is CCCCCCCCCCCCCCN(CCCCCCCCCCCC)C(=O)C(CCCCNC(=O)OCC1c2ccccc2-c2ccccc21)NC(=O)OC(C)(C)C. The molecule has 0 spiro atoms. The Morgan fingerprint density at radius 1 is 0.583 bits per heavy atom. The third-order valence-corrected chi connectivity index (χ3v) is 11.9. The molecule has 2 N–H and O–H groups in total. The number of fused-ring (bicyclic) bond motifs is 3. The molecule has 0 saturated heterocycles. The molecule has 0 fully saturated rings. The Kier molecular flexibility index (Phi) is 25.8. The quantitative estimate of drug-likeness (QED) is 0.0698. The summed E-state index contributed by atoms with van der Waals surface area (Å²) in [4.78, 5) is 42.2. The van der Waals surface area contributed by atoms with Gasteiger partial charge in [-0.15, -0.1) is 0 Å². The molecule has 2 aromatic rings. The van der Waals surface area contributed by atoms with Crippen LogP contribution < -0.4 is 10.6 Å². The minimum atomic E-state index is -0.685. The van der Waals surface area contributed by atoms with Crippen molar-refractivity contribution in [2.75, 3.05) is 26.2 Å². The lowest BCUT2D eigenvalue weighted by atomic mass is 9.98. The van der Waals surface area contributed by atoms with E-state index in [9.17, 15) is 14.4 Å². The minimum Gasteiger partial charge on any atom is -0.449 e.